The quantitative estimate of drug-likeness (QED) is 0.860. The third-order valence-electron chi connectivity index (χ3n) is 3.09. The number of hydrogen-bond donors (Lipinski definition) is 1. The lowest BCUT2D eigenvalue weighted by Gasteiger charge is -2.16. The molecule has 0 radical (unpaired) electrons. The van der Waals surface area contributed by atoms with Gasteiger partial charge < -0.3 is 9.88 Å². The Balaban J connectivity index is 2.18. The van der Waals surface area contributed by atoms with Crippen LogP contribution in [0.2, 0.25) is 0 Å². The summed E-state index contributed by atoms with van der Waals surface area (Å²) in [4.78, 5) is 13.3. The van der Waals surface area contributed by atoms with E-state index in [1.807, 2.05) is 31.7 Å². The van der Waals surface area contributed by atoms with Gasteiger partial charge in [-0.15, -0.1) is 0 Å². The Labute approximate surface area is 114 Å². The minimum Gasteiger partial charge on any atom is -0.335 e. The second-order valence-corrected chi connectivity index (χ2v) is 4.56. The smallest absolute Gasteiger partial charge is 0.145 e. The number of imidazole rings is 1. The van der Waals surface area contributed by atoms with E-state index in [-0.39, 0.29) is 6.04 Å². The Hall–Kier alpha value is -1.75. The largest absolute Gasteiger partial charge is 0.335 e. The average molecular weight is 259 g/mol. The monoisotopic (exact) mass is 259 g/mol. The van der Waals surface area contributed by atoms with E-state index in [9.17, 15) is 0 Å². The van der Waals surface area contributed by atoms with Crippen molar-refractivity contribution in [3.63, 3.8) is 0 Å². The van der Waals surface area contributed by atoms with Gasteiger partial charge in [0, 0.05) is 37.8 Å². The molecule has 5 nitrogen and oxygen atoms in total. The highest BCUT2D eigenvalue weighted by molar-refractivity contribution is 5.07. The minimum absolute atomic E-state index is 0.110. The van der Waals surface area contributed by atoms with Crippen LogP contribution in [-0.4, -0.2) is 26.1 Å². The van der Waals surface area contributed by atoms with E-state index in [0.717, 1.165) is 36.7 Å². The van der Waals surface area contributed by atoms with Gasteiger partial charge in [-0.1, -0.05) is 6.92 Å². The summed E-state index contributed by atoms with van der Waals surface area (Å²) in [6, 6.07) is 0.110. The predicted molar refractivity (Wildman–Crippen MR) is 74.8 cm³/mol. The van der Waals surface area contributed by atoms with Crippen molar-refractivity contribution in [2.45, 2.75) is 39.8 Å². The highest BCUT2D eigenvalue weighted by atomic mass is 15.1. The Morgan fingerprint density at radius 1 is 1.21 bits per heavy atom. The van der Waals surface area contributed by atoms with Gasteiger partial charge in [-0.25, -0.2) is 15.0 Å². The molecule has 1 atom stereocenters. The molecule has 2 heterocycles. The maximum atomic E-state index is 4.42. The zero-order chi connectivity index (χ0) is 13.7. The van der Waals surface area contributed by atoms with Gasteiger partial charge in [0.2, 0.25) is 0 Å². The van der Waals surface area contributed by atoms with Crippen molar-refractivity contribution in [3.05, 3.63) is 42.0 Å². The van der Waals surface area contributed by atoms with Gasteiger partial charge in [0.25, 0.3) is 0 Å². The molecule has 0 aliphatic heterocycles. The zero-order valence-corrected chi connectivity index (χ0v) is 11.8. The van der Waals surface area contributed by atoms with Crippen LogP contribution >= 0.6 is 0 Å². The van der Waals surface area contributed by atoms with Crippen LogP contribution in [-0.2, 0) is 13.0 Å². The van der Waals surface area contributed by atoms with Gasteiger partial charge in [0.05, 0.1) is 6.04 Å². The molecule has 0 aliphatic rings. The maximum Gasteiger partial charge on any atom is 0.145 e. The fraction of sp³-hybridized carbons (Fsp3) is 0.500. The Morgan fingerprint density at radius 3 is 2.58 bits per heavy atom. The molecule has 0 fully saturated rings. The summed E-state index contributed by atoms with van der Waals surface area (Å²) < 4.78 is 2.15. The minimum atomic E-state index is 0.110. The molecular formula is C14H21N5. The molecule has 0 saturated heterocycles. The first kappa shape index (κ1) is 13.7. The third-order valence-corrected chi connectivity index (χ3v) is 3.09. The number of aromatic nitrogens is 4. The summed E-state index contributed by atoms with van der Waals surface area (Å²) in [5.41, 5.74) is 1.08. The molecule has 102 valence electrons. The molecule has 1 N–H and O–H groups in total. The van der Waals surface area contributed by atoms with Crippen LogP contribution in [0.15, 0.2) is 24.8 Å². The molecule has 0 bridgehead atoms. The van der Waals surface area contributed by atoms with E-state index in [4.69, 9.17) is 0 Å². The highest BCUT2D eigenvalue weighted by Gasteiger charge is 2.16. The Bertz CT molecular complexity index is 503. The molecule has 0 amide bonds. The number of rotatable bonds is 6. The maximum absolute atomic E-state index is 4.42. The van der Waals surface area contributed by atoms with Gasteiger partial charge in [0.15, 0.2) is 0 Å². The van der Waals surface area contributed by atoms with E-state index >= 15 is 0 Å². The number of nitrogens with zero attached hydrogens (tertiary/aromatic N) is 4. The van der Waals surface area contributed by atoms with Crippen molar-refractivity contribution < 1.29 is 0 Å². The second-order valence-electron chi connectivity index (χ2n) is 4.56. The molecular weight excluding hydrogens is 238 g/mol. The first-order chi connectivity index (χ1) is 9.24. The van der Waals surface area contributed by atoms with Crippen LogP contribution in [0.1, 0.15) is 37.1 Å². The normalized spacial score (nSPS) is 12.6. The Morgan fingerprint density at radius 2 is 1.95 bits per heavy atom. The first-order valence-electron chi connectivity index (χ1n) is 6.76. The molecule has 2 rings (SSSR count). The van der Waals surface area contributed by atoms with Crippen LogP contribution in [0.25, 0.3) is 0 Å². The summed E-state index contributed by atoms with van der Waals surface area (Å²) in [6.45, 7) is 8.02. The van der Waals surface area contributed by atoms with Crippen molar-refractivity contribution >= 4 is 0 Å². The summed E-state index contributed by atoms with van der Waals surface area (Å²) in [6.07, 6.45) is 8.38. The van der Waals surface area contributed by atoms with Gasteiger partial charge in [-0.05, 0) is 26.0 Å². The highest BCUT2D eigenvalue weighted by Crippen LogP contribution is 2.14. The summed E-state index contributed by atoms with van der Waals surface area (Å²) >= 11 is 0. The third kappa shape index (κ3) is 3.38. The van der Waals surface area contributed by atoms with Gasteiger partial charge in [-0.2, -0.15) is 0 Å². The zero-order valence-electron chi connectivity index (χ0n) is 11.8. The number of likely N-dealkylation sites (N-methyl/N-ethyl adjacent to an activating group) is 1. The number of aryl methyl sites for hydroxylation is 2. The fourth-order valence-corrected chi connectivity index (χ4v) is 2.08. The van der Waals surface area contributed by atoms with Crippen molar-refractivity contribution in [2.24, 2.45) is 0 Å². The van der Waals surface area contributed by atoms with Crippen molar-refractivity contribution in [3.8, 4) is 0 Å². The van der Waals surface area contributed by atoms with Crippen molar-refractivity contribution in [2.75, 3.05) is 6.54 Å². The van der Waals surface area contributed by atoms with Gasteiger partial charge in [-0.3, -0.25) is 0 Å². The molecule has 19 heavy (non-hydrogen) atoms. The van der Waals surface area contributed by atoms with Crippen LogP contribution in [0.4, 0.5) is 0 Å². The van der Waals surface area contributed by atoms with Crippen LogP contribution in [0, 0.1) is 6.92 Å². The predicted octanol–water partition coefficient (Wildman–Crippen LogP) is 1.89. The lowest BCUT2D eigenvalue weighted by molar-refractivity contribution is 0.498. The molecule has 5 heteroatoms. The average Bonchev–Trinajstić information content (AvgIpc) is 2.86. The molecule has 0 saturated carbocycles. The standard InChI is InChI=1S/C14H21N5/c1-4-15-12(14-17-9-11(3)10-18-14)8-13-16-6-7-19(13)5-2/h6-7,9-10,12,15H,4-5,8H2,1-3H3. The topological polar surface area (TPSA) is 55.6 Å². The van der Waals surface area contributed by atoms with Crippen LogP contribution in [0.3, 0.4) is 0 Å². The molecule has 0 aromatic carbocycles. The van der Waals surface area contributed by atoms with E-state index in [1.165, 1.54) is 0 Å². The van der Waals surface area contributed by atoms with Crippen molar-refractivity contribution in [1.82, 2.24) is 24.8 Å². The number of hydrogen-bond acceptors (Lipinski definition) is 4. The second kappa shape index (κ2) is 6.43. The molecule has 2 aromatic heterocycles. The lowest BCUT2D eigenvalue weighted by Crippen LogP contribution is -2.26. The summed E-state index contributed by atoms with van der Waals surface area (Å²) in [5, 5.41) is 3.43. The van der Waals surface area contributed by atoms with E-state index in [2.05, 4.69) is 38.7 Å². The molecule has 2 aromatic rings. The molecule has 0 aliphatic carbocycles. The van der Waals surface area contributed by atoms with E-state index < -0.39 is 0 Å². The van der Waals surface area contributed by atoms with E-state index in [1.54, 1.807) is 0 Å². The van der Waals surface area contributed by atoms with Crippen molar-refractivity contribution in [1.29, 1.82) is 0 Å². The SMILES string of the molecule is CCNC(Cc1nccn1CC)c1ncc(C)cn1. The van der Waals surface area contributed by atoms with Crippen LogP contribution < -0.4 is 5.32 Å². The summed E-state index contributed by atoms with van der Waals surface area (Å²) in [5.74, 6) is 1.90. The van der Waals surface area contributed by atoms with Gasteiger partial charge in [0.1, 0.15) is 11.6 Å². The summed E-state index contributed by atoms with van der Waals surface area (Å²) in [7, 11) is 0. The Kier molecular flexibility index (Phi) is 4.63. The van der Waals surface area contributed by atoms with Crippen LogP contribution in [0.5, 0.6) is 0 Å². The molecule has 1 unspecified atom stereocenters. The lowest BCUT2D eigenvalue weighted by atomic mass is 10.1. The van der Waals surface area contributed by atoms with E-state index in [0.29, 0.717) is 0 Å². The number of nitrogens with one attached hydrogen (secondary N) is 1. The van der Waals surface area contributed by atoms with Gasteiger partial charge >= 0.3 is 0 Å². The molecule has 0 spiro atoms. The first-order valence-corrected chi connectivity index (χ1v) is 6.76. The fourth-order valence-electron chi connectivity index (χ4n) is 2.08.